The summed E-state index contributed by atoms with van der Waals surface area (Å²) in [5, 5.41) is 11.7. The van der Waals surface area contributed by atoms with Crippen LogP contribution < -0.4 is 14.8 Å². The lowest BCUT2D eigenvalue weighted by Crippen LogP contribution is -2.14. The number of rotatable bonds is 8. The second kappa shape index (κ2) is 8.73. The number of amides is 1. The van der Waals surface area contributed by atoms with Crippen LogP contribution in [-0.4, -0.2) is 31.2 Å². The predicted octanol–water partition coefficient (Wildman–Crippen LogP) is 2.90. The van der Waals surface area contributed by atoms with Crippen molar-refractivity contribution in [2.24, 2.45) is 0 Å². The number of methoxy groups -OCH3 is 2. The molecule has 2 aromatic rings. The number of ether oxygens (including phenoxy) is 2. The van der Waals surface area contributed by atoms with E-state index in [1.807, 2.05) is 12.1 Å². The SMILES string of the molecule is COc1ccc(CCC(=O)Nc2ccccc2CC(=O)O)cc1OC. The molecule has 0 unspecified atom stereocenters. The molecular weight excluding hydrogens is 322 g/mol. The van der Waals surface area contributed by atoms with Crippen LogP contribution in [0.5, 0.6) is 11.5 Å². The highest BCUT2D eigenvalue weighted by Crippen LogP contribution is 2.28. The van der Waals surface area contributed by atoms with Crippen LogP contribution in [0.2, 0.25) is 0 Å². The number of aliphatic carboxylic acids is 1. The number of anilines is 1. The Hall–Kier alpha value is -3.02. The third kappa shape index (κ3) is 5.24. The van der Waals surface area contributed by atoms with E-state index in [1.54, 1.807) is 44.6 Å². The van der Waals surface area contributed by atoms with Crippen LogP contribution in [-0.2, 0) is 22.4 Å². The van der Waals surface area contributed by atoms with Gasteiger partial charge in [-0.3, -0.25) is 9.59 Å². The summed E-state index contributed by atoms with van der Waals surface area (Å²) in [6.45, 7) is 0. The fourth-order valence-electron chi connectivity index (χ4n) is 2.47. The minimum absolute atomic E-state index is 0.133. The molecule has 1 amide bonds. The van der Waals surface area contributed by atoms with Gasteiger partial charge in [-0.15, -0.1) is 0 Å². The van der Waals surface area contributed by atoms with Crippen molar-refractivity contribution < 1.29 is 24.2 Å². The summed E-state index contributed by atoms with van der Waals surface area (Å²) >= 11 is 0. The molecule has 0 aliphatic rings. The second-order valence-corrected chi connectivity index (χ2v) is 5.47. The standard InChI is InChI=1S/C19H21NO5/c1-24-16-9-7-13(11-17(16)25-2)8-10-18(21)20-15-6-4-3-5-14(15)12-19(22)23/h3-7,9,11H,8,10,12H2,1-2H3,(H,20,21)(H,22,23). The van der Waals surface area contributed by atoms with Gasteiger partial charge in [-0.2, -0.15) is 0 Å². The van der Waals surface area contributed by atoms with E-state index < -0.39 is 5.97 Å². The van der Waals surface area contributed by atoms with Crippen LogP contribution in [0, 0.1) is 0 Å². The molecule has 2 rings (SSSR count). The lowest BCUT2D eigenvalue weighted by molar-refractivity contribution is -0.136. The highest BCUT2D eigenvalue weighted by molar-refractivity contribution is 5.92. The Balaban J connectivity index is 1.99. The molecule has 132 valence electrons. The Labute approximate surface area is 146 Å². The molecule has 0 saturated heterocycles. The largest absolute Gasteiger partial charge is 0.493 e. The molecule has 0 aromatic heterocycles. The number of benzene rings is 2. The maximum atomic E-state index is 12.2. The van der Waals surface area contributed by atoms with E-state index in [0.29, 0.717) is 29.2 Å². The maximum absolute atomic E-state index is 12.2. The molecule has 6 heteroatoms. The molecule has 2 N–H and O–H groups in total. The summed E-state index contributed by atoms with van der Waals surface area (Å²) in [6, 6.07) is 12.4. The van der Waals surface area contributed by atoms with Crippen LogP contribution in [0.15, 0.2) is 42.5 Å². The smallest absolute Gasteiger partial charge is 0.307 e. The van der Waals surface area contributed by atoms with Gasteiger partial charge in [0.25, 0.3) is 0 Å². The minimum Gasteiger partial charge on any atom is -0.493 e. The maximum Gasteiger partial charge on any atom is 0.307 e. The Morgan fingerprint density at radius 3 is 2.44 bits per heavy atom. The van der Waals surface area contributed by atoms with Gasteiger partial charge in [0.15, 0.2) is 11.5 Å². The Morgan fingerprint density at radius 1 is 1.04 bits per heavy atom. The van der Waals surface area contributed by atoms with E-state index in [2.05, 4.69) is 5.32 Å². The van der Waals surface area contributed by atoms with Gasteiger partial charge in [0.2, 0.25) is 5.91 Å². The van der Waals surface area contributed by atoms with Crippen LogP contribution in [0.1, 0.15) is 17.5 Å². The first-order valence-electron chi connectivity index (χ1n) is 7.84. The lowest BCUT2D eigenvalue weighted by Gasteiger charge is -2.11. The molecule has 0 aliphatic heterocycles. The van der Waals surface area contributed by atoms with Crippen molar-refractivity contribution >= 4 is 17.6 Å². The molecule has 0 heterocycles. The normalized spacial score (nSPS) is 10.2. The van der Waals surface area contributed by atoms with Gasteiger partial charge in [0, 0.05) is 12.1 Å². The van der Waals surface area contributed by atoms with Gasteiger partial charge >= 0.3 is 5.97 Å². The average molecular weight is 343 g/mol. The van der Waals surface area contributed by atoms with Crippen molar-refractivity contribution in [2.75, 3.05) is 19.5 Å². The number of hydrogen-bond acceptors (Lipinski definition) is 4. The zero-order valence-corrected chi connectivity index (χ0v) is 14.2. The van der Waals surface area contributed by atoms with Gasteiger partial charge in [-0.05, 0) is 35.7 Å². The summed E-state index contributed by atoms with van der Waals surface area (Å²) in [5.41, 5.74) is 2.06. The predicted molar refractivity (Wildman–Crippen MR) is 94.3 cm³/mol. The highest BCUT2D eigenvalue weighted by Gasteiger charge is 2.10. The monoisotopic (exact) mass is 343 g/mol. The summed E-state index contributed by atoms with van der Waals surface area (Å²) in [4.78, 5) is 23.1. The van der Waals surface area contributed by atoms with Crippen molar-refractivity contribution in [3.63, 3.8) is 0 Å². The zero-order chi connectivity index (χ0) is 18.2. The molecule has 0 radical (unpaired) electrons. The highest BCUT2D eigenvalue weighted by atomic mass is 16.5. The minimum atomic E-state index is -0.938. The molecule has 6 nitrogen and oxygen atoms in total. The molecule has 25 heavy (non-hydrogen) atoms. The van der Waals surface area contributed by atoms with Gasteiger partial charge in [0.05, 0.1) is 20.6 Å². The number of para-hydroxylation sites is 1. The van der Waals surface area contributed by atoms with Crippen LogP contribution in [0.3, 0.4) is 0 Å². The molecule has 0 fully saturated rings. The van der Waals surface area contributed by atoms with Crippen LogP contribution in [0.25, 0.3) is 0 Å². The number of aryl methyl sites for hydroxylation is 1. The van der Waals surface area contributed by atoms with E-state index in [0.717, 1.165) is 5.56 Å². The third-order valence-electron chi connectivity index (χ3n) is 3.72. The van der Waals surface area contributed by atoms with Gasteiger partial charge in [-0.25, -0.2) is 0 Å². The first kappa shape index (κ1) is 18.3. The van der Waals surface area contributed by atoms with E-state index in [1.165, 1.54) is 0 Å². The zero-order valence-electron chi connectivity index (χ0n) is 14.2. The Bertz CT molecular complexity index is 757. The van der Waals surface area contributed by atoms with Crippen LogP contribution in [0.4, 0.5) is 5.69 Å². The number of carboxylic acid groups (broad SMARTS) is 1. The molecule has 0 aliphatic carbocycles. The fraction of sp³-hybridized carbons (Fsp3) is 0.263. The molecule has 0 spiro atoms. The van der Waals surface area contributed by atoms with Crippen molar-refractivity contribution in [3.8, 4) is 11.5 Å². The third-order valence-corrected chi connectivity index (χ3v) is 3.72. The topological polar surface area (TPSA) is 84.9 Å². The Kier molecular flexibility index (Phi) is 6.39. The molecule has 0 bridgehead atoms. The summed E-state index contributed by atoms with van der Waals surface area (Å²) in [7, 11) is 3.13. The summed E-state index contributed by atoms with van der Waals surface area (Å²) in [5.74, 6) is 0.144. The van der Waals surface area contributed by atoms with Crippen molar-refractivity contribution in [2.45, 2.75) is 19.3 Å². The van der Waals surface area contributed by atoms with E-state index in [4.69, 9.17) is 14.6 Å². The second-order valence-electron chi connectivity index (χ2n) is 5.47. The van der Waals surface area contributed by atoms with E-state index in [-0.39, 0.29) is 18.7 Å². The van der Waals surface area contributed by atoms with Gasteiger partial charge in [-0.1, -0.05) is 24.3 Å². The Morgan fingerprint density at radius 2 is 1.76 bits per heavy atom. The van der Waals surface area contributed by atoms with Crippen molar-refractivity contribution in [1.82, 2.24) is 0 Å². The number of carboxylic acids is 1. The molecule has 0 atom stereocenters. The quantitative estimate of drug-likeness (QED) is 0.770. The first-order chi connectivity index (χ1) is 12.0. The lowest BCUT2D eigenvalue weighted by atomic mass is 10.1. The summed E-state index contributed by atoms with van der Waals surface area (Å²) < 4.78 is 10.4. The number of nitrogens with one attached hydrogen (secondary N) is 1. The van der Waals surface area contributed by atoms with E-state index in [9.17, 15) is 9.59 Å². The van der Waals surface area contributed by atoms with Crippen LogP contribution >= 0.6 is 0 Å². The first-order valence-corrected chi connectivity index (χ1v) is 7.84. The summed E-state index contributed by atoms with van der Waals surface area (Å²) in [6.07, 6.45) is 0.677. The molecular formula is C19H21NO5. The van der Waals surface area contributed by atoms with Crippen molar-refractivity contribution in [3.05, 3.63) is 53.6 Å². The number of hydrogen-bond donors (Lipinski definition) is 2. The number of carbonyl (C=O) groups excluding carboxylic acids is 1. The van der Waals surface area contributed by atoms with Gasteiger partial charge in [0.1, 0.15) is 0 Å². The van der Waals surface area contributed by atoms with E-state index >= 15 is 0 Å². The van der Waals surface area contributed by atoms with Crippen molar-refractivity contribution in [1.29, 1.82) is 0 Å². The molecule has 0 saturated carbocycles. The molecule has 2 aromatic carbocycles. The average Bonchev–Trinajstić information content (AvgIpc) is 2.61. The van der Waals surface area contributed by atoms with Gasteiger partial charge < -0.3 is 19.9 Å². The fourth-order valence-corrected chi connectivity index (χ4v) is 2.47. The number of carbonyl (C=O) groups is 2.